The lowest BCUT2D eigenvalue weighted by atomic mass is 10.1. The van der Waals surface area contributed by atoms with Crippen LogP contribution in [-0.4, -0.2) is 24.3 Å². The molecule has 0 aliphatic heterocycles. The van der Waals surface area contributed by atoms with E-state index in [1.807, 2.05) is 31.2 Å². The zero-order valence-corrected chi connectivity index (χ0v) is 13.7. The molecule has 0 saturated carbocycles. The summed E-state index contributed by atoms with van der Waals surface area (Å²) in [5.41, 5.74) is 1.92. The van der Waals surface area contributed by atoms with Crippen LogP contribution < -0.4 is 9.47 Å². The first kappa shape index (κ1) is 17.2. The molecule has 2 aromatic rings. The highest BCUT2D eigenvalue weighted by atomic mass is 35.5. The predicted molar refractivity (Wildman–Crippen MR) is 89.6 cm³/mol. The summed E-state index contributed by atoms with van der Waals surface area (Å²) in [5.74, 6) is 0.595. The third kappa shape index (κ3) is 5.83. The normalized spacial score (nSPS) is 10.3. The molecule has 2 rings (SSSR count). The molecule has 1 N–H and O–H groups in total. The summed E-state index contributed by atoms with van der Waals surface area (Å²) in [5, 5.41) is 9.37. The summed E-state index contributed by atoms with van der Waals surface area (Å²) in [6.07, 6.45) is 0.417. The highest BCUT2D eigenvalue weighted by molar-refractivity contribution is 6.30. The first-order valence-corrected chi connectivity index (χ1v) is 7.75. The molecule has 23 heavy (non-hydrogen) atoms. The van der Waals surface area contributed by atoms with Gasteiger partial charge >= 0.3 is 5.97 Å². The molecule has 0 radical (unpaired) electrons. The van der Waals surface area contributed by atoms with Gasteiger partial charge in [0.2, 0.25) is 0 Å². The number of hydrogen-bond donors (Lipinski definition) is 1. The number of aliphatic carboxylic acids is 1. The van der Waals surface area contributed by atoms with E-state index in [-0.39, 0.29) is 6.42 Å². The van der Waals surface area contributed by atoms with Crippen molar-refractivity contribution in [3.63, 3.8) is 0 Å². The SMILES string of the molecule is Cc1cccc(OCCOc2ccc(Cl)cc2CCC(=O)O)c1. The van der Waals surface area contributed by atoms with Crippen LogP contribution >= 0.6 is 11.6 Å². The maximum absolute atomic E-state index is 10.7. The fraction of sp³-hybridized carbons (Fsp3) is 0.278. The molecule has 0 aliphatic rings. The van der Waals surface area contributed by atoms with Crippen molar-refractivity contribution >= 4 is 17.6 Å². The fourth-order valence-electron chi connectivity index (χ4n) is 2.14. The standard InChI is InChI=1S/C18H19ClO4/c1-13-3-2-4-16(11-13)22-9-10-23-17-7-6-15(19)12-14(17)5-8-18(20)21/h2-4,6-7,11-12H,5,8-10H2,1H3,(H,20,21). The molecule has 0 atom stereocenters. The van der Waals surface area contributed by atoms with Gasteiger partial charge in [0.1, 0.15) is 24.7 Å². The van der Waals surface area contributed by atoms with Gasteiger partial charge in [0.15, 0.2) is 0 Å². The molecular weight excluding hydrogens is 316 g/mol. The minimum Gasteiger partial charge on any atom is -0.490 e. The zero-order valence-electron chi connectivity index (χ0n) is 12.9. The maximum Gasteiger partial charge on any atom is 0.303 e. The molecule has 0 saturated heterocycles. The Balaban J connectivity index is 1.88. The van der Waals surface area contributed by atoms with E-state index in [1.54, 1.807) is 18.2 Å². The number of carboxylic acid groups (broad SMARTS) is 1. The lowest BCUT2D eigenvalue weighted by Gasteiger charge is -2.12. The molecule has 122 valence electrons. The number of carboxylic acids is 1. The van der Waals surface area contributed by atoms with Crippen LogP contribution in [0.1, 0.15) is 17.5 Å². The second-order valence-corrected chi connectivity index (χ2v) is 5.60. The first-order chi connectivity index (χ1) is 11.0. The molecule has 0 spiro atoms. The molecule has 2 aromatic carbocycles. The zero-order chi connectivity index (χ0) is 16.7. The van der Waals surface area contributed by atoms with Crippen molar-refractivity contribution in [2.45, 2.75) is 19.8 Å². The molecule has 0 unspecified atom stereocenters. The summed E-state index contributed by atoms with van der Waals surface area (Å²) in [4.78, 5) is 10.7. The largest absolute Gasteiger partial charge is 0.490 e. The predicted octanol–water partition coefficient (Wildman–Crippen LogP) is 4.12. The van der Waals surface area contributed by atoms with Crippen molar-refractivity contribution in [1.82, 2.24) is 0 Å². The summed E-state index contributed by atoms with van der Waals surface area (Å²) < 4.78 is 11.3. The van der Waals surface area contributed by atoms with Crippen LogP contribution in [0.4, 0.5) is 0 Å². The Morgan fingerprint density at radius 1 is 1.13 bits per heavy atom. The van der Waals surface area contributed by atoms with E-state index in [0.717, 1.165) is 16.9 Å². The molecule has 4 nitrogen and oxygen atoms in total. The monoisotopic (exact) mass is 334 g/mol. The smallest absolute Gasteiger partial charge is 0.303 e. The van der Waals surface area contributed by atoms with Crippen LogP contribution in [0.3, 0.4) is 0 Å². The lowest BCUT2D eigenvalue weighted by molar-refractivity contribution is -0.136. The Bertz CT molecular complexity index is 670. The third-order valence-electron chi connectivity index (χ3n) is 3.23. The number of aryl methyl sites for hydroxylation is 2. The van der Waals surface area contributed by atoms with E-state index in [4.69, 9.17) is 26.2 Å². The van der Waals surface area contributed by atoms with Crippen LogP contribution in [0.2, 0.25) is 5.02 Å². The van der Waals surface area contributed by atoms with Crippen molar-refractivity contribution in [2.24, 2.45) is 0 Å². The molecule has 5 heteroatoms. The van der Waals surface area contributed by atoms with E-state index in [0.29, 0.717) is 30.4 Å². The summed E-state index contributed by atoms with van der Waals surface area (Å²) >= 11 is 5.96. The van der Waals surface area contributed by atoms with Gasteiger partial charge in [-0.05, 0) is 54.8 Å². The van der Waals surface area contributed by atoms with Gasteiger partial charge in [-0.1, -0.05) is 23.7 Å². The molecule has 0 aromatic heterocycles. The molecule has 0 amide bonds. The van der Waals surface area contributed by atoms with E-state index < -0.39 is 5.97 Å². The highest BCUT2D eigenvalue weighted by Crippen LogP contribution is 2.24. The molecule has 0 fully saturated rings. The van der Waals surface area contributed by atoms with Crippen LogP contribution in [-0.2, 0) is 11.2 Å². The number of carbonyl (C=O) groups is 1. The van der Waals surface area contributed by atoms with E-state index in [2.05, 4.69) is 0 Å². The molecular formula is C18H19ClO4. The minimum absolute atomic E-state index is 0.0382. The fourth-order valence-corrected chi connectivity index (χ4v) is 2.34. The van der Waals surface area contributed by atoms with E-state index >= 15 is 0 Å². The van der Waals surface area contributed by atoms with Crippen molar-refractivity contribution in [2.75, 3.05) is 13.2 Å². The maximum atomic E-state index is 10.7. The highest BCUT2D eigenvalue weighted by Gasteiger charge is 2.07. The van der Waals surface area contributed by atoms with Gasteiger partial charge < -0.3 is 14.6 Å². The van der Waals surface area contributed by atoms with Gasteiger partial charge in [0, 0.05) is 11.4 Å². The van der Waals surface area contributed by atoms with Crippen molar-refractivity contribution in [3.8, 4) is 11.5 Å². The Morgan fingerprint density at radius 2 is 1.91 bits per heavy atom. The van der Waals surface area contributed by atoms with Crippen molar-refractivity contribution in [3.05, 3.63) is 58.6 Å². The van der Waals surface area contributed by atoms with Gasteiger partial charge in [0.05, 0.1) is 0 Å². The second kappa shape index (κ2) is 8.44. The number of ether oxygens (including phenoxy) is 2. The summed E-state index contributed by atoms with van der Waals surface area (Å²) in [7, 11) is 0. The Morgan fingerprint density at radius 3 is 2.65 bits per heavy atom. The van der Waals surface area contributed by atoms with Crippen molar-refractivity contribution < 1.29 is 19.4 Å². The van der Waals surface area contributed by atoms with Gasteiger partial charge in [-0.2, -0.15) is 0 Å². The van der Waals surface area contributed by atoms with Crippen LogP contribution in [0.15, 0.2) is 42.5 Å². The Kier molecular flexibility index (Phi) is 6.29. The quantitative estimate of drug-likeness (QED) is 0.738. The summed E-state index contributed by atoms with van der Waals surface area (Å²) in [6.45, 7) is 2.78. The lowest BCUT2D eigenvalue weighted by Crippen LogP contribution is -2.10. The van der Waals surface area contributed by atoms with Gasteiger partial charge in [0.25, 0.3) is 0 Å². The van der Waals surface area contributed by atoms with Crippen LogP contribution in [0.25, 0.3) is 0 Å². The molecule has 0 aliphatic carbocycles. The van der Waals surface area contributed by atoms with Gasteiger partial charge in [-0.3, -0.25) is 4.79 Å². The van der Waals surface area contributed by atoms with Crippen LogP contribution in [0.5, 0.6) is 11.5 Å². The second-order valence-electron chi connectivity index (χ2n) is 5.16. The number of benzene rings is 2. The third-order valence-corrected chi connectivity index (χ3v) is 3.47. The first-order valence-electron chi connectivity index (χ1n) is 7.37. The minimum atomic E-state index is -0.848. The van der Waals surface area contributed by atoms with E-state index in [1.165, 1.54) is 0 Å². The Labute approximate surface area is 140 Å². The average Bonchev–Trinajstić information content (AvgIpc) is 2.51. The number of rotatable bonds is 8. The van der Waals surface area contributed by atoms with Gasteiger partial charge in [-0.15, -0.1) is 0 Å². The van der Waals surface area contributed by atoms with Gasteiger partial charge in [-0.25, -0.2) is 0 Å². The van der Waals surface area contributed by atoms with Crippen molar-refractivity contribution in [1.29, 1.82) is 0 Å². The molecule has 0 bridgehead atoms. The number of halogens is 1. The van der Waals surface area contributed by atoms with E-state index in [9.17, 15) is 4.79 Å². The summed E-state index contributed by atoms with van der Waals surface area (Å²) in [6, 6.07) is 13.0. The topological polar surface area (TPSA) is 55.8 Å². The van der Waals surface area contributed by atoms with Crippen LogP contribution in [0, 0.1) is 6.92 Å². The number of hydrogen-bond acceptors (Lipinski definition) is 3. The Hall–Kier alpha value is -2.20. The molecule has 0 heterocycles. The average molecular weight is 335 g/mol.